The predicted molar refractivity (Wildman–Crippen MR) is 137 cm³/mol. The van der Waals surface area contributed by atoms with Crippen LogP contribution in [-0.2, 0) is 20.9 Å². The van der Waals surface area contributed by atoms with E-state index in [-0.39, 0.29) is 24.1 Å². The zero-order chi connectivity index (χ0) is 26.6. The number of hydrogen-bond donors (Lipinski definition) is 1. The van der Waals surface area contributed by atoms with Crippen LogP contribution in [-0.4, -0.2) is 70.7 Å². The summed E-state index contributed by atoms with van der Waals surface area (Å²) in [6.07, 6.45) is -0.0634. The Balaban J connectivity index is 1.42. The van der Waals surface area contributed by atoms with Crippen LogP contribution >= 0.6 is 0 Å². The number of furan rings is 1. The molecule has 1 aromatic heterocycles. The number of nitrogens with one attached hydrogen (secondary N) is 1. The highest BCUT2D eigenvalue weighted by Crippen LogP contribution is 2.36. The lowest BCUT2D eigenvalue weighted by Crippen LogP contribution is -2.55. The molecule has 0 saturated carbocycles. The Morgan fingerprint density at radius 3 is 2.34 bits per heavy atom. The van der Waals surface area contributed by atoms with Crippen LogP contribution < -0.4 is 5.32 Å². The molecule has 0 bridgehead atoms. The highest BCUT2D eigenvalue weighted by molar-refractivity contribution is 6.02. The van der Waals surface area contributed by atoms with Crippen LogP contribution in [0.15, 0.2) is 77.4 Å². The first kappa shape index (κ1) is 25.1. The van der Waals surface area contributed by atoms with E-state index < -0.39 is 24.1 Å². The number of cyclic esters (lactones) is 1. The summed E-state index contributed by atoms with van der Waals surface area (Å²) in [5.74, 6) is -0.537. The number of benzene rings is 2. The van der Waals surface area contributed by atoms with E-state index in [1.54, 1.807) is 46.2 Å². The van der Waals surface area contributed by atoms with Crippen LogP contribution in [0.5, 0.6) is 0 Å². The highest BCUT2D eigenvalue weighted by atomic mass is 16.6. The van der Waals surface area contributed by atoms with Gasteiger partial charge in [0, 0.05) is 38.8 Å². The van der Waals surface area contributed by atoms with Crippen molar-refractivity contribution >= 4 is 29.5 Å². The summed E-state index contributed by atoms with van der Waals surface area (Å²) in [6, 6.07) is 18.6. The van der Waals surface area contributed by atoms with Crippen molar-refractivity contribution in [3.8, 4) is 0 Å². The van der Waals surface area contributed by atoms with Gasteiger partial charge in [-0.2, -0.15) is 0 Å². The average Bonchev–Trinajstić information content (AvgIpc) is 3.58. The fourth-order valence-electron chi connectivity index (χ4n) is 4.80. The van der Waals surface area contributed by atoms with Gasteiger partial charge in [0.25, 0.3) is 5.91 Å². The number of nitrogens with zero attached hydrogens (tertiary/aromatic N) is 3. The van der Waals surface area contributed by atoms with Gasteiger partial charge in [-0.3, -0.25) is 19.3 Å². The van der Waals surface area contributed by atoms with Crippen molar-refractivity contribution in [1.82, 2.24) is 14.7 Å². The Kier molecular flexibility index (Phi) is 7.12. The molecule has 2 fully saturated rings. The van der Waals surface area contributed by atoms with E-state index in [9.17, 15) is 19.2 Å². The molecule has 10 nitrogen and oxygen atoms in total. The van der Waals surface area contributed by atoms with Gasteiger partial charge >= 0.3 is 6.09 Å². The monoisotopic (exact) mass is 516 g/mol. The lowest BCUT2D eigenvalue weighted by Gasteiger charge is -2.37. The number of ether oxygens (including phenoxy) is 1. The first-order chi connectivity index (χ1) is 18.4. The lowest BCUT2D eigenvalue weighted by molar-refractivity contribution is -0.142. The molecule has 10 heteroatoms. The summed E-state index contributed by atoms with van der Waals surface area (Å²) >= 11 is 0. The summed E-state index contributed by atoms with van der Waals surface area (Å²) in [7, 11) is 0. The molecule has 2 atom stereocenters. The van der Waals surface area contributed by atoms with Crippen molar-refractivity contribution in [2.75, 3.05) is 31.5 Å². The van der Waals surface area contributed by atoms with Gasteiger partial charge in [-0.15, -0.1) is 0 Å². The normalized spacial score (nSPS) is 19.3. The molecular weight excluding hydrogens is 488 g/mol. The van der Waals surface area contributed by atoms with Crippen LogP contribution in [0.3, 0.4) is 0 Å². The van der Waals surface area contributed by atoms with Crippen LogP contribution in [0.25, 0.3) is 0 Å². The largest absolute Gasteiger partial charge is 0.459 e. The van der Waals surface area contributed by atoms with Crippen molar-refractivity contribution in [2.24, 2.45) is 0 Å². The number of rotatable bonds is 6. The molecule has 2 aliphatic rings. The summed E-state index contributed by atoms with van der Waals surface area (Å²) in [5, 5.41) is 2.77. The van der Waals surface area contributed by atoms with E-state index in [0.717, 1.165) is 5.56 Å². The fraction of sp³-hybridized carbons (Fsp3) is 0.286. The maximum absolute atomic E-state index is 13.9. The minimum atomic E-state index is -0.914. The number of carbonyl (C=O) groups is 4. The van der Waals surface area contributed by atoms with E-state index in [2.05, 4.69) is 5.32 Å². The maximum atomic E-state index is 13.9. The van der Waals surface area contributed by atoms with Gasteiger partial charge in [-0.1, -0.05) is 42.5 Å². The Morgan fingerprint density at radius 1 is 0.921 bits per heavy atom. The number of hydrogen-bond acceptors (Lipinski definition) is 6. The molecule has 0 radical (unpaired) electrons. The second-order valence-electron chi connectivity index (χ2n) is 9.25. The second kappa shape index (κ2) is 10.8. The molecule has 2 aromatic carbocycles. The summed E-state index contributed by atoms with van der Waals surface area (Å²) in [5.41, 5.74) is 1.92. The number of carbonyl (C=O) groups excluding carboxylic acids is 4. The Bertz CT molecular complexity index is 1320. The summed E-state index contributed by atoms with van der Waals surface area (Å²) in [6.45, 7) is 3.31. The highest BCUT2D eigenvalue weighted by Gasteiger charge is 2.48. The topological polar surface area (TPSA) is 112 Å². The summed E-state index contributed by atoms with van der Waals surface area (Å²) < 4.78 is 10.9. The van der Waals surface area contributed by atoms with Gasteiger partial charge in [0.2, 0.25) is 11.8 Å². The van der Waals surface area contributed by atoms with Crippen molar-refractivity contribution in [1.29, 1.82) is 0 Å². The standard InChI is InChI=1S/C28H28N4O6/c1-19(33)30-12-14-31(15-13-30)27(35)24-25(38-28(36)32(24)18-20-7-3-2-4-8-20)21-9-5-10-22(17-21)29-26(34)23-11-6-16-37-23/h2-11,16-17,24-25H,12-15,18H2,1H3,(H,29,34). The summed E-state index contributed by atoms with van der Waals surface area (Å²) in [4.78, 5) is 56.1. The van der Waals surface area contributed by atoms with Gasteiger partial charge in [0.05, 0.1) is 12.8 Å². The third-order valence-corrected chi connectivity index (χ3v) is 6.79. The van der Waals surface area contributed by atoms with Crippen LogP contribution in [0.1, 0.15) is 34.7 Å². The maximum Gasteiger partial charge on any atom is 0.411 e. The molecule has 0 aliphatic carbocycles. The molecule has 2 saturated heterocycles. The number of piperazine rings is 1. The molecule has 3 aromatic rings. The molecule has 2 aliphatic heterocycles. The second-order valence-corrected chi connectivity index (χ2v) is 9.25. The van der Waals surface area contributed by atoms with Crippen molar-refractivity contribution in [2.45, 2.75) is 25.6 Å². The fourth-order valence-corrected chi connectivity index (χ4v) is 4.80. The predicted octanol–water partition coefficient (Wildman–Crippen LogP) is 3.28. The zero-order valence-corrected chi connectivity index (χ0v) is 20.9. The molecule has 196 valence electrons. The van der Waals surface area contributed by atoms with Gasteiger partial charge < -0.3 is 24.3 Å². The van der Waals surface area contributed by atoms with Crippen LogP contribution in [0.4, 0.5) is 10.5 Å². The van der Waals surface area contributed by atoms with Crippen LogP contribution in [0, 0.1) is 0 Å². The van der Waals surface area contributed by atoms with Crippen molar-refractivity contribution < 1.29 is 28.3 Å². The first-order valence-corrected chi connectivity index (χ1v) is 12.4. The third kappa shape index (κ3) is 5.24. The minimum absolute atomic E-state index is 0.0338. The van der Waals surface area contributed by atoms with Gasteiger partial charge in [-0.05, 0) is 35.4 Å². The van der Waals surface area contributed by atoms with Gasteiger partial charge in [-0.25, -0.2) is 4.79 Å². The third-order valence-electron chi connectivity index (χ3n) is 6.79. The van der Waals surface area contributed by atoms with Gasteiger partial charge in [0.1, 0.15) is 0 Å². The zero-order valence-electron chi connectivity index (χ0n) is 20.9. The van der Waals surface area contributed by atoms with Crippen molar-refractivity contribution in [3.63, 3.8) is 0 Å². The Labute approximate surface area is 219 Å². The molecule has 0 spiro atoms. The Hall–Kier alpha value is -4.60. The first-order valence-electron chi connectivity index (χ1n) is 12.4. The van der Waals surface area contributed by atoms with Gasteiger partial charge in [0.15, 0.2) is 17.9 Å². The molecule has 2 unspecified atom stereocenters. The molecular formula is C28H28N4O6. The SMILES string of the molecule is CC(=O)N1CCN(C(=O)C2C(c3cccc(NC(=O)c4ccco4)c3)OC(=O)N2Cc2ccccc2)CC1. The molecule has 4 amide bonds. The molecule has 1 N–H and O–H groups in total. The van der Waals surface area contributed by atoms with E-state index in [0.29, 0.717) is 37.4 Å². The van der Waals surface area contributed by atoms with E-state index in [4.69, 9.17) is 9.15 Å². The minimum Gasteiger partial charge on any atom is -0.459 e. The van der Waals surface area contributed by atoms with Crippen LogP contribution in [0.2, 0.25) is 0 Å². The van der Waals surface area contributed by atoms with Crippen molar-refractivity contribution in [3.05, 3.63) is 89.9 Å². The molecule has 5 rings (SSSR count). The number of anilines is 1. The Morgan fingerprint density at radius 2 is 1.66 bits per heavy atom. The average molecular weight is 517 g/mol. The van der Waals surface area contributed by atoms with E-state index >= 15 is 0 Å². The quantitative estimate of drug-likeness (QED) is 0.538. The molecule has 3 heterocycles. The lowest BCUT2D eigenvalue weighted by atomic mass is 9.99. The smallest absolute Gasteiger partial charge is 0.411 e. The molecule has 38 heavy (non-hydrogen) atoms. The number of amides is 4. The van der Waals surface area contributed by atoms with E-state index in [1.807, 2.05) is 30.3 Å². The van der Waals surface area contributed by atoms with E-state index in [1.165, 1.54) is 18.1 Å².